The molecule has 0 aliphatic rings. The summed E-state index contributed by atoms with van der Waals surface area (Å²) < 4.78 is 4.97. The third-order valence-corrected chi connectivity index (χ3v) is 4.11. The highest BCUT2D eigenvalue weighted by molar-refractivity contribution is 6.04. The van der Waals surface area contributed by atoms with Crippen LogP contribution in [0.4, 0.5) is 5.69 Å². The van der Waals surface area contributed by atoms with Crippen molar-refractivity contribution >= 4 is 17.5 Å². The molecule has 0 fully saturated rings. The van der Waals surface area contributed by atoms with Crippen LogP contribution in [0.5, 0.6) is 0 Å². The van der Waals surface area contributed by atoms with Crippen molar-refractivity contribution in [3.05, 3.63) is 64.7 Å². The number of anilines is 1. The molecule has 2 N–H and O–H groups in total. The Hall–Kier alpha value is -2.66. The van der Waals surface area contributed by atoms with E-state index in [0.717, 1.165) is 17.5 Å². The van der Waals surface area contributed by atoms with Crippen molar-refractivity contribution in [2.45, 2.75) is 26.7 Å². The lowest BCUT2D eigenvalue weighted by Crippen LogP contribution is -2.27. The number of carbonyl (C=O) groups excluding carboxylic acids is 2. The first-order chi connectivity index (χ1) is 12.5. The number of carbonyl (C=O) groups is 2. The van der Waals surface area contributed by atoms with Gasteiger partial charge in [0, 0.05) is 20.3 Å². The van der Waals surface area contributed by atoms with Crippen molar-refractivity contribution in [1.82, 2.24) is 5.32 Å². The molecule has 0 atom stereocenters. The second kappa shape index (κ2) is 9.73. The first-order valence-corrected chi connectivity index (χ1v) is 8.73. The molecule has 0 spiro atoms. The molecule has 0 saturated heterocycles. The summed E-state index contributed by atoms with van der Waals surface area (Å²) in [6.45, 7) is 5.14. The fourth-order valence-corrected chi connectivity index (χ4v) is 2.72. The molecule has 2 amide bonds. The summed E-state index contributed by atoms with van der Waals surface area (Å²) in [5.74, 6) is -0.347. The van der Waals surface area contributed by atoms with Gasteiger partial charge in [-0.2, -0.15) is 0 Å². The summed E-state index contributed by atoms with van der Waals surface area (Å²) in [6.07, 6.45) is 1.01. The zero-order valence-electron chi connectivity index (χ0n) is 15.6. The van der Waals surface area contributed by atoms with Crippen LogP contribution in [0.15, 0.2) is 42.5 Å². The molecule has 2 rings (SSSR count). The molecule has 5 nitrogen and oxygen atoms in total. The van der Waals surface area contributed by atoms with Gasteiger partial charge in [-0.3, -0.25) is 9.59 Å². The lowest BCUT2D eigenvalue weighted by Gasteiger charge is -2.12. The van der Waals surface area contributed by atoms with E-state index >= 15 is 0 Å². The van der Waals surface area contributed by atoms with Crippen LogP contribution in [-0.2, 0) is 16.0 Å². The summed E-state index contributed by atoms with van der Waals surface area (Å²) in [7, 11) is 1.63. The molecular formula is C21H26N2O3. The van der Waals surface area contributed by atoms with Gasteiger partial charge in [-0.25, -0.2) is 0 Å². The van der Waals surface area contributed by atoms with Gasteiger partial charge in [0.2, 0.25) is 5.91 Å². The molecule has 26 heavy (non-hydrogen) atoms. The zero-order chi connectivity index (χ0) is 18.9. The maximum Gasteiger partial charge on any atom is 0.253 e. The van der Waals surface area contributed by atoms with Gasteiger partial charge >= 0.3 is 0 Å². The van der Waals surface area contributed by atoms with Gasteiger partial charge in [0.05, 0.1) is 17.7 Å². The molecule has 0 bridgehead atoms. The van der Waals surface area contributed by atoms with Crippen LogP contribution in [0.1, 0.15) is 33.5 Å². The lowest BCUT2D eigenvalue weighted by atomic mass is 10.0. The molecule has 0 radical (unpaired) electrons. The van der Waals surface area contributed by atoms with Crippen LogP contribution < -0.4 is 10.6 Å². The number of methoxy groups -OCH3 is 1. The van der Waals surface area contributed by atoms with E-state index in [1.807, 2.05) is 26.0 Å². The Labute approximate surface area is 154 Å². The Morgan fingerprint density at radius 2 is 1.85 bits per heavy atom. The van der Waals surface area contributed by atoms with Gasteiger partial charge in [0.25, 0.3) is 5.91 Å². The number of benzene rings is 2. The van der Waals surface area contributed by atoms with Gasteiger partial charge in [0.15, 0.2) is 0 Å². The highest BCUT2D eigenvalue weighted by Gasteiger charge is 2.13. The first-order valence-electron chi connectivity index (χ1n) is 8.73. The van der Waals surface area contributed by atoms with E-state index in [4.69, 9.17) is 4.74 Å². The topological polar surface area (TPSA) is 67.4 Å². The number of rotatable bonds is 8. The molecule has 0 aromatic heterocycles. The van der Waals surface area contributed by atoms with E-state index in [-0.39, 0.29) is 18.2 Å². The molecule has 0 saturated carbocycles. The number of amides is 2. The highest BCUT2D eigenvalue weighted by Crippen LogP contribution is 2.17. The van der Waals surface area contributed by atoms with Crippen LogP contribution in [0.2, 0.25) is 0 Å². The largest absolute Gasteiger partial charge is 0.385 e. The number of hydrogen-bond acceptors (Lipinski definition) is 3. The number of nitrogens with one attached hydrogen (secondary N) is 2. The fraction of sp³-hybridized carbons (Fsp3) is 0.333. The van der Waals surface area contributed by atoms with Gasteiger partial charge in [0.1, 0.15) is 0 Å². The fourth-order valence-electron chi connectivity index (χ4n) is 2.72. The third-order valence-electron chi connectivity index (χ3n) is 4.11. The second-order valence-corrected chi connectivity index (χ2v) is 6.30. The Kier molecular flexibility index (Phi) is 7.36. The molecule has 0 aliphatic carbocycles. The molecule has 0 unspecified atom stereocenters. The van der Waals surface area contributed by atoms with E-state index < -0.39 is 0 Å². The Morgan fingerprint density at radius 3 is 2.58 bits per heavy atom. The van der Waals surface area contributed by atoms with Crippen molar-refractivity contribution in [3.8, 4) is 0 Å². The molecule has 0 aliphatic heterocycles. The standard InChI is InChI=1S/C21H26N2O3/c1-15-9-10-17(16(2)13-15)14-20(24)23-19-8-5-4-7-18(19)21(25)22-11-6-12-26-3/h4-5,7-10,13H,6,11-12,14H2,1-3H3,(H,22,25)(H,23,24). The molecule has 2 aromatic rings. The van der Waals surface area contributed by atoms with E-state index in [9.17, 15) is 9.59 Å². The van der Waals surface area contributed by atoms with Crippen LogP contribution in [0.3, 0.4) is 0 Å². The molecule has 5 heteroatoms. The maximum atomic E-state index is 12.4. The number of aryl methyl sites for hydroxylation is 2. The summed E-state index contributed by atoms with van der Waals surface area (Å²) in [6, 6.07) is 13.1. The lowest BCUT2D eigenvalue weighted by molar-refractivity contribution is -0.115. The Balaban J connectivity index is 2.02. The predicted molar refractivity (Wildman–Crippen MR) is 104 cm³/mol. The normalized spacial score (nSPS) is 10.4. The van der Waals surface area contributed by atoms with Crippen molar-refractivity contribution in [2.75, 3.05) is 25.6 Å². The average molecular weight is 354 g/mol. The van der Waals surface area contributed by atoms with Crippen LogP contribution in [0.25, 0.3) is 0 Å². The van der Waals surface area contributed by atoms with E-state index in [1.54, 1.807) is 31.4 Å². The monoisotopic (exact) mass is 354 g/mol. The summed E-state index contributed by atoms with van der Waals surface area (Å²) in [5.41, 5.74) is 4.21. The smallest absolute Gasteiger partial charge is 0.253 e. The average Bonchev–Trinajstić information content (AvgIpc) is 2.61. The van der Waals surface area contributed by atoms with Gasteiger partial charge in [-0.15, -0.1) is 0 Å². The Morgan fingerprint density at radius 1 is 1.08 bits per heavy atom. The molecule has 2 aromatic carbocycles. The molecule has 138 valence electrons. The predicted octanol–water partition coefficient (Wildman–Crippen LogP) is 3.25. The van der Waals surface area contributed by atoms with Crippen molar-refractivity contribution < 1.29 is 14.3 Å². The minimum Gasteiger partial charge on any atom is -0.385 e. The summed E-state index contributed by atoms with van der Waals surface area (Å²) >= 11 is 0. The first kappa shape index (κ1) is 19.7. The quantitative estimate of drug-likeness (QED) is 0.715. The highest BCUT2D eigenvalue weighted by atomic mass is 16.5. The van der Waals surface area contributed by atoms with E-state index in [2.05, 4.69) is 16.7 Å². The van der Waals surface area contributed by atoms with Crippen LogP contribution >= 0.6 is 0 Å². The number of ether oxygens (including phenoxy) is 1. The zero-order valence-corrected chi connectivity index (χ0v) is 15.6. The third kappa shape index (κ3) is 5.70. The minimum absolute atomic E-state index is 0.142. The van der Waals surface area contributed by atoms with Gasteiger partial charge in [-0.1, -0.05) is 35.9 Å². The van der Waals surface area contributed by atoms with Crippen molar-refractivity contribution in [2.24, 2.45) is 0 Å². The van der Waals surface area contributed by atoms with Crippen molar-refractivity contribution in [3.63, 3.8) is 0 Å². The summed E-state index contributed by atoms with van der Waals surface area (Å²) in [5, 5.41) is 5.70. The number of para-hydroxylation sites is 1. The molecular weight excluding hydrogens is 328 g/mol. The van der Waals surface area contributed by atoms with E-state index in [0.29, 0.717) is 24.4 Å². The van der Waals surface area contributed by atoms with Crippen LogP contribution in [0, 0.1) is 13.8 Å². The molecule has 0 heterocycles. The SMILES string of the molecule is COCCCNC(=O)c1ccccc1NC(=O)Cc1ccc(C)cc1C. The summed E-state index contributed by atoms with van der Waals surface area (Å²) in [4.78, 5) is 24.8. The van der Waals surface area contributed by atoms with Crippen LogP contribution in [-0.4, -0.2) is 32.1 Å². The second-order valence-electron chi connectivity index (χ2n) is 6.30. The van der Waals surface area contributed by atoms with Gasteiger partial charge < -0.3 is 15.4 Å². The van der Waals surface area contributed by atoms with E-state index in [1.165, 1.54) is 5.56 Å². The minimum atomic E-state index is -0.205. The maximum absolute atomic E-state index is 12.4. The van der Waals surface area contributed by atoms with Crippen molar-refractivity contribution in [1.29, 1.82) is 0 Å². The van der Waals surface area contributed by atoms with Gasteiger partial charge in [-0.05, 0) is 43.5 Å². The Bertz CT molecular complexity index is 772. The number of hydrogen-bond donors (Lipinski definition) is 2.